The smallest absolute Gasteiger partial charge is 0.295 e. The molecule has 0 spiro atoms. The Hall–Kier alpha value is -3.78. The van der Waals surface area contributed by atoms with E-state index in [4.69, 9.17) is 0 Å². The molecule has 4 aromatic rings. The monoisotopic (exact) mass is 434 g/mol. The van der Waals surface area contributed by atoms with E-state index in [1.165, 1.54) is 34.2 Å². The third kappa shape index (κ3) is 4.24. The highest BCUT2D eigenvalue weighted by Gasteiger charge is 2.17. The summed E-state index contributed by atoms with van der Waals surface area (Å²) in [5, 5.41) is 5.21. The van der Waals surface area contributed by atoms with Gasteiger partial charge in [-0.05, 0) is 49.4 Å². The number of rotatable bonds is 5. The topological polar surface area (TPSA) is 68.9 Å². The molecule has 1 amide bonds. The van der Waals surface area contributed by atoms with Crippen molar-refractivity contribution < 1.29 is 9.18 Å². The van der Waals surface area contributed by atoms with Crippen LogP contribution in [0.4, 0.5) is 10.1 Å². The number of amides is 1. The average molecular weight is 434 g/mol. The summed E-state index contributed by atoms with van der Waals surface area (Å²) in [6.07, 6.45) is 2.91. The van der Waals surface area contributed by atoms with Crippen LogP contribution in [0.2, 0.25) is 0 Å². The van der Waals surface area contributed by atoms with Gasteiger partial charge < -0.3 is 5.32 Å². The second kappa shape index (κ2) is 8.53. The Morgan fingerprint density at radius 3 is 2.55 bits per heavy atom. The van der Waals surface area contributed by atoms with Crippen molar-refractivity contribution in [3.63, 3.8) is 0 Å². The summed E-state index contributed by atoms with van der Waals surface area (Å²) in [6, 6.07) is 15.3. The Kier molecular flexibility index (Phi) is 5.64. The van der Waals surface area contributed by atoms with Crippen LogP contribution < -0.4 is 10.9 Å². The van der Waals surface area contributed by atoms with Crippen molar-refractivity contribution in [3.8, 4) is 16.3 Å². The highest BCUT2D eigenvalue weighted by molar-refractivity contribution is 7.13. The van der Waals surface area contributed by atoms with Crippen LogP contribution in [0.1, 0.15) is 11.4 Å². The molecule has 0 radical (unpaired) electrons. The van der Waals surface area contributed by atoms with Gasteiger partial charge in [0.1, 0.15) is 16.5 Å². The quantitative estimate of drug-likeness (QED) is 0.474. The molecule has 4 rings (SSSR count). The van der Waals surface area contributed by atoms with Gasteiger partial charge in [0.15, 0.2) is 0 Å². The number of carbonyl (C=O) groups excluding carboxylic acids is 1. The fourth-order valence-corrected chi connectivity index (χ4v) is 3.92. The maximum atomic E-state index is 13.1. The SMILES string of the molecule is Cc1c(NC(=O)/C=C/c2csc(-c3ccc(F)cc3)n2)c(=O)n(-c2ccccc2)n1C. The molecule has 0 fully saturated rings. The molecule has 0 unspecified atom stereocenters. The zero-order chi connectivity index (χ0) is 22.0. The first-order valence-corrected chi connectivity index (χ1v) is 10.4. The van der Waals surface area contributed by atoms with Gasteiger partial charge in [-0.2, -0.15) is 0 Å². The molecule has 8 heteroatoms. The number of nitrogens with one attached hydrogen (secondary N) is 1. The second-order valence-electron chi connectivity index (χ2n) is 6.84. The predicted octanol–water partition coefficient (Wildman–Crippen LogP) is 4.40. The molecular formula is C23H19FN4O2S. The minimum absolute atomic E-state index is 0.228. The van der Waals surface area contributed by atoms with Gasteiger partial charge in [0, 0.05) is 24.1 Å². The molecular weight excluding hydrogens is 415 g/mol. The molecule has 2 heterocycles. The van der Waals surface area contributed by atoms with Gasteiger partial charge in [-0.15, -0.1) is 11.3 Å². The number of thiazole rings is 1. The predicted molar refractivity (Wildman–Crippen MR) is 121 cm³/mol. The molecule has 0 aliphatic heterocycles. The first-order chi connectivity index (χ1) is 14.9. The van der Waals surface area contributed by atoms with Crippen molar-refractivity contribution in [1.82, 2.24) is 14.3 Å². The van der Waals surface area contributed by atoms with E-state index in [0.717, 1.165) is 10.6 Å². The van der Waals surface area contributed by atoms with Crippen molar-refractivity contribution in [3.05, 3.63) is 93.6 Å². The standard InChI is InChI=1S/C23H19FN4O2S/c1-15-21(23(30)28(27(15)2)19-6-4-3-5-7-19)26-20(29)13-12-18-14-31-22(25-18)16-8-10-17(24)11-9-16/h3-14H,1-2H3,(H,26,29)/b13-12+. The third-order valence-electron chi connectivity index (χ3n) is 4.82. The summed E-state index contributed by atoms with van der Waals surface area (Å²) >= 11 is 1.40. The van der Waals surface area contributed by atoms with E-state index < -0.39 is 5.91 Å². The van der Waals surface area contributed by atoms with Gasteiger partial charge in [0.25, 0.3) is 5.56 Å². The lowest BCUT2D eigenvalue weighted by Gasteiger charge is -2.07. The molecule has 0 saturated carbocycles. The Balaban J connectivity index is 1.51. The fraction of sp³-hybridized carbons (Fsp3) is 0.0870. The summed E-state index contributed by atoms with van der Waals surface area (Å²) in [4.78, 5) is 29.8. The van der Waals surface area contributed by atoms with Crippen LogP contribution in [-0.4, -0.2) is 20.3 Å². The Bertz CT molecular complexity index is 1320. The number of nitrogens with zero attached hydrogens (tertiary/aromatic N) is 3. The van der Waals surface area contributed by atoms with Crippen molar-refractivity contribution in [2.45, 2.75) is 6.92 Å². The molecule has 2 aromatic heterocycles. The third-order valence-corrected chi connectivity index (χ3v) is 5.73. The maximum Gasteiger partial charge on any atom is 0.295 e. The number of carbonyl (C=O) groups is 1. The molecule has 2 aromatic carbocycles. The summed E-state index contributed by atoms with van der Waals surface area (Å²) in [7, 11) is 1.77. The molecule has 6 nitrogen and oxygen atoms in total. The summed E-state index contributed by atoms with van der Waals surface area (Å²) < 4.78 is 16.3. The normalized spacial score (nSPS) is 11.2. The number of hydrogen-bond donors (Lipinski definition) is 1. The minimum Gasteiger partial charge on any atom is -0.316 e. The van der Waals surface area contributed by atoms with E-state index in [9.17, 15) is 14.0 Å². The van der Waals surface area contributed by atoms with E-state index in [1.54, 1.807) is 42.2 Å². The molecule has 0 aliphatic rings. The van der Waals surface area contributed by atoms with Crippen molar-refractivity contribution in [2.24, 2.45) is 7.05 Å². The molecule has 0 bridgehead atoms. The Morgan fingerprint density at radius 2 is 1.84 bits per heavy atom. The first kappa shape index (κ1) is 20.5. The number of hydrogen-bond acceptors (Lipinski definition) is 4. The van der Waals surface area contributed by atoms with E-state index in [2.05, 4.69) is 10.3 Å². The van der Waals surface area contributed by atoms with Crippen LogP contribution in [0, 0.1) is 12.7 Å². The molecule has 1 N–H and O–H groups in total. The lowest BCUT2D eigenvalue weighted by molar-refractivity contribution is -0.111. The highest BCUT2D eigenvalue weighted by Crippen LogP contribution is 2.24. The molecule has 0 atom stereocenters. The largest absolute Gasteiger partial charge is 0.316 e. The van der Waals surface area contributed by atoms with E-state index in [-0.39, 0.29) is 17.1 Å². The van der Waals surface area contributed by atoms with E-state index >= 15 is 0 Å². The lowest BCUT2D eigenvalue weighted by atomic mass is 10.2. The average Bonchev–Trinajstić information content (AvgIpc) is 3.33. The van der Waals surface area contributed by atoms with Crippen LogP contribution in [0.5, 0.6) is 0 Å². The molecule has 0 aliphatic carbocycles. The van der Waals surface area contributed by atoms with Gasteiger partial charge in [0.2, 0.25) is 5.91 Å². The molecule has 31 heavy (non-hydrogen) atoms. The van der Waals surface area contributed by atoms with Crippen LogP contribution in [-0.2, 0) is 11.8 Å². The van der Waals surface area contributed by atoms with Gasteiger partial charge in [-0.1, -0.05) is 18.2 Å². The highest BCUT2D eigenvalue weighted by atomic mass is 32.1. The Morgan fingerprint density at radius 1 is 1.13 bits per heavy atom. The number of para-hydroxylation sites is 1. The fourth-order valence-electron chi connectivity index (χ4n) is 3.13. The summed E-state index contributed by atoms with van der Waals surface area (Å²) in [5.41, 5.74) is 2.68. The Labute approximate surface area is 181 Å². The zero-order valence-corrected chi connectivity index (χ0v) is 17.7. The molecule has 156 valence electrons. The summed E-state index contributed by atoms with van der Waals surface area (Å²) in [6.45, 7) is 1.77. The number of anilines is 1. The van der Waals surface area contributed by atoms with Crippen molar-refractivity contribution in [2.75, 3.05) is 5.32 Å². The lowest BCUT2D eigenvalue weighted by Crippen LogP contribution is -2.22. The maximum absolute atomic E-state index is 13.1. The van der Waals surface area contributed by atoms with Crippen LogP contribution in [0.25, 0.3) is 22.3 Å². The van der Waals surface area contributed by atoms with E-state index in [1.807, 2.05) is 30.3 Å². The van der Waals surface area contributed by atoms with Crippen molar-refractivity contribution >= 4 is 29.0 Å². The minimum atomic E-state index is -0.428. The number of halogens is 1. The zero-order valence-electron chi connectivity index (χ0n) is 16.9. The van der Waals surface area contributed by atoms with Gasteiger partial charge in [-0.3, -0.25) is 14.3 Å². The van der Waals surface area contributed by atoms with Crippen molar-refractivity contribution in [1.29, 1.82) is 0 Å². The number of aromatic nitrogens is 3. The van der Waals surface area contributed by atoms with Crippen LogP contribution in [0.3, 0.4) is 0 Å². The van der Waals surface area contributed by atoms with Gasteiger partial charge >= 0.3 is 0 Å². The van der Waals surface area contributed by atoms with E-state index in [0.29, 0.717) is 17.1 Å². The van der Waals surface area contributed by atoms with Gasteiger partial charge in [0.05, 0.1) is 17.1 Å². The summed E-state index contributed by atoms with van der Waals surface area (Å²) in [5.74, 6) is -0.734. The first-order valence-electron chi connectivity index (χ1n) is 9.48. The van der Waals surface area contributed by atoms with Crippen LogP contribution in [0.15, 0.2) is 70.8 Å². The second-order valence-corrected chi connectivity index (χ2v) is 7.70. The van der Waals surface area contributed by atoms with Crippen LogP contribution >= 0.6 is 11.3 Å². The molecule has 0 saturated heterocycles. The number of benzene rings is 2. The van der Waals surface area contributed by atoms with Gasteiger partial charge in [-0.25, -0.2) is 14.1 Å².